The largest absolute Gasteiger partial charge is 0.411 e. The maximum atomic E-state index is 11.8. The van der Waals surface area contributed by atoms with Crippen LogP contribution in [0.15, 0.2) is 0 Å². The van der Waals surface area contributed by atoms with Crippen LogP contribution in [-0.2, 0) is 9.53 Å². The van der Waals surface area contributed by atoms with Crippen molar-refractivity contribution >= 4 is 5.91 Å². The van der Waals surface area contributed by atoms with E-state index in [0.717, 1.165) is 25.7 Å². The Morgan fingerprint density at radius 2 is 2.00 bits per heavy atom. The lowest BCUT2D eigenvalue weighted by atomic mass is 9.94. The zero-order valence-electron chi connectivity index (χ0n) is 12.0. The number of carbonyl (C=O) groups is 1. The topological polar surface area (TPSA) is 64.4 Å². The smallest absolute Gasteiger partial charge is 0.370 e. The number of carbonyl (C=O) groups excluding carboxylic acids is 1. The predicted octanol–water partition coefficient (Wildman–Crippen LogP) is 2.23. The zero-order chi connectivity index (χ0) is 15.4. The summed E-state index contributed by atoms with van der Waals surface area (Å²) in [5.74, 6) is 0.288. The molecule has 0 spiro atoms. The standard InChI is InChI=1S/C13H25F3N2O2/c1-2-3-11(6-7-17)4-5-12(19)18-8-9-20-10-13(14,15)16/h11H,2-10,17H2,1H3,(H,18,19). The summed E-state index contributed by atoms with van der Waals surface area (Å²) >= 11 is 0. The second-order valence-corrected chi connectivity index (χ2v) is 4.79. The molecule has 0 aliphatic heterocycles. The number of hydrogen-bond donors (Lipinski definition) is 2. The SMILES string of the molecule is CCCC(CCN)CCC(=O)NCCOCC(F)(F)F. The van der Waals surface area contributed by atoms with Crippen molar-refractivity contribution in [1.29, 1.82) is 0 Å². The van der Waals surface area contributed by atoms with Gasteiger partial charge in [-0.3, -0.25) is 4.79 Å². The van der Waals surface area contributed by atoms with Gasteiger partial charge < -0.3 is 15.8 Å². The van der Waals surface area contributed by atoms with Gasteiger partial charge in [-0.1, -0.05) is 19.8 Å². The van der Waals surface area contributed by atoms with Gasteiger partial charge in [0, 0.05) is 13.0 Å². The predicted molar refractivity (Wildman–Crippen MR) is 71.2 cm³/mol. The molecule has 7 heteroatoms. The van der Waals surface area contributed by atoms with Crippen LogP contribution in [0.25, 0.3) is 0 Å². The third kappa shape index (κ3) is 12.2. The van der Waals surface area contributed by atoms with Gasteiger partial charge in [-0.15, -0.1) is 0 Å². The molecule has 0 aliphatic rings. The fourth-order valence-electron chi connectivity index (χ4n) is 1.95. The van der Waals surface area contributed by atoms with Crippen LogP contribution in [0.1, 0.15) is 39.0 Å². The molecule has 0 fully saturated rings. The minimum absolute atomic E-state index is 0.101. The fourth-order valence-corrected chi connectivity index (χ4v) is 1.95. The van der Waals surface area contributed by atoms with Crippen molar-refractivity contribution in [2.45, 2.75) is 45.2 Å². The van der Waals surface area contributed by atoms with E-state index in [1.165, 1.54) is 0 Å². The fraction of sp³-hybridized carbons (Fsp3) is 0.923. The van der Waals surface area contributed by atoms with Crippen LogP contribution in [0.4, 0.5) is 13.2 Å². The van der Waals surface area contributed by atoms with E-state index in [4.69, 9.17) is 5.73 Å². The third-order valence-electron chi connectivity index (χ3n) is 2.89. The second kappa shape index (κ2) is 10.9. The van der Waals surface area contributed by atoms with Crippen molar-refractivity contribution in [3.8, 4) is 0 Å². The Kier molecular flexibility index (Phi) is 10.5. The van der Waals surface area contributed by atoms with E-state index in [0.29, 0.717) is 18.9 Å². The van der Waals surface area contributed by atoms with E-state index in [2.05, 4.69) is 17.0 Å². The molecule has 120 valence electrons. The molecule has 0 heterocycles. The second-order valence-electron chi connectivity index (χ2n) is 4.79. The van der Waals surface area contributed by atoms with Crippen molar-refractivity contribution in [3.05, 3.63) is 0 Å². The first-order chi connectivity index (χ1) is 9.39. The minimum Gasteiger partial charge on any atom is -0.370 e. The molecule has 0 saturated heterocycles. The van der Waals surface area contributed by atoms with Crippen molar-refractivity contribution < 1.29 is 22.7 Å². The Hall–Kier alpha value is -0.820. The Bertz CT molecular complexity index is 254. The van der Waals surface area contributed by atoms with E-state index in [1.54, 1.807) is 0 Å². The normalized spacial score (nSPS) is 13.2. The molecular weight excluding hydrogens is 273 g/mol. The zero-order valence-corrected chi connectivity index (χ0v) is 12.0. The molecule has 0 radical (unpaired) electrons. The van der Waals surface area contributed by atoms with Gasteiger partial charge in [0.2, 0.25) is 5.91 Å². The van der Waals surface area contributed by atoms with Crippen LogP contribution in [0.5, 0.6) is 0 Å². The van der Waals surface area contributed by atoms with E-state index < -0.39 is 12.8 Å². The summed E-state index contributed by atoms with van der Waals surface area (Å²) in [6, 6.07) is 0. The number of alkyl halides is 3. The Morgan fingerprint density at radius 1 is 1.30 bits per heavy atom. The minimum atomic E-state index is -4.32. The molecule has 0 aromatic carbocycles. The summed E-state index contributed by atoms with van der Waals surface area (Å²) in [5.41, 5.74) is 5.51. The molecule has 1 amide bonds. The molecule has 3 N–H and O–H groups in total. The van der Waals surface area contributed by atoms with Crippen LogP contribution in [0, 0.1) is 5.92 Å². The van der Waals surface area contributed by atoms with Gasteiger partial charge in [-0.2, -0.15) is 13.2 Å². The van der Waals surface area contributed by atoms with Gasteiger partial charge in [0.25, 0.3) is 0 Å². The number of nitrogens with two attached hydrogens (primary N) is 1. The first-order valence-electron chi connectivity index (χ1n) is 7.00. The molecule has 0 bridgehead atoms. The number of hydrogen-bond acceptors (Lipinski definition) is 3. The Balaban J connectivity index is 3.62. The van der Waals surface area contributed by atoms with Gasteiger partial charge in [0.15, 0.2) is 0 Å². The number of ether oxygens (including phenoxy) is 1. The molecule has 4 nitrogen and oxygen atoms in total. The summed E-state index contributed by atoms with van der Waals surface area (Å²) in [7, 11) is 0. The molecule has 1 unspecified atom stereocenters. The average molecular weight is 298 g/mol. The van der Waals surface area contributed by atoms with E-state index in [-0.39, 0.29) is 19.1 Å². The highest BCUT2D eigenvalue weighted by Crippen LogP contribution is 2.16. The van der Waals surface area contributed by atoms with Gasteiger partial charge >= 0.3 is 6.18 Å². The van der Waals surface area contributed by atoms with Crippen LogP contribution in [0.3, 0.4) is 0 Å². The highest BCUT2D eigenvalue weighted by atomic mass is 19.4. The molecule has 0 aromatic heterocycles. The lowest BCUT2D eigenvalue weighted by Crippen LogP contribution is -2.29. The maximum absolute atomic E-state index is 11.8. The number of amides is 1. The molecule has 0 saturated carbocycles. The maximum Gasteiger partial charge on any atom is 0.411 e. The molecule has 1 atom stereocenters. The summed E-state index contributed by atoms with van der Waals surface area (Å²) in [5, 5.41) is 2.55. The van der Waals surface area contributed by atoms with Gasteiger partial charge in [0.05, 0.1) is 6.61 Å². The average Bonchev–Trinajstić information content (AvgIpc) is 2.34. The quantitative estimate of drug-likeness (QED) is 0.575. The molecule has 0 aliphatic carbocycles. The number of rotatable bonds is 11. The monoisotopic (exact) mass is 298 g/mol. The van der Waals surface area contributed by atoms with Crippen LogP contribution >= 0.6 is 0 Å². The van der Waals surface area contributed by atoms with Crippen molar-refractivity contribution in [3.63, 3.8) is 0 Å². The highest BCUT2D eigenvalue weighted by molar-refractivity contribution is 5.75. The summed E-state index contributed by atoms with van der Waals surface area (Å²) in [6.45, 7) is 1.38. The lowest BCUT2D eigenvalue weighted by Gasteiger charge is -2.14. The van der Waals surface area contributed by atoms with Crippen molar-refractivity contribution in [1.82, 2.24) is 5.32 Å². The van der Waals surface area contributed by atoms with Gasteiger partial charge in [-0.25, -0.2) is 0 Å². The third-order valence-corrected chi connectivity index (χ3v) is 2.89. The van der Waals surface area contributed by atoms with E-state index in [9.17, 15) is 18.0 Å². The molecule has 0 rings (SSSR count). The first-order valence-corrected chi connectivity index (χ1v) is 7.00. The molecule has 20 heavy (non-hydrogen) atoms. The lowest BCUT2D eigenvalue weighted by molar-refractivity contribution is -0.173. The Labute approximate surface area is 118 Å². The first kappa shape index (κ1) is 19.2. The van der Waals surface area contributed by atoms with E-state index in [1.807, 2.05) is 0 Å². The van der Waals surface area contributed by atoms with Crippen molar-refractivity contribution in [2.24, 2.45) is 11.7 Å². The number of halogens is 3. The Morgan fingerprint density at radius 3 is 2.55 bits per heavy atom. The summed E-state index contributed by atoms with van der Waals surface area (Å²) in [4.78, 5) is 11.5. The number of nitrogens with one attached hydrogen (secondary N) is 1. The molecular formula is C13H25F3N2O2. The van der Waals surface area contributed by atoms with Gasteiger partial charge in [-0.05, 0) is 25.3 Å². The van der Waals surface area contributed by atoms with Gasteiger partial charge in [0.1, 0.15) is 6.61 Å². The highest BCUT2D eigenvalue weighted by Gasteiger charge is 2.27. The van der Waals surface area contributed by atoms with E-state index >= 15 is 0 Å². The van der Waals surface area contributed by atoms with Crippen LogP contribution in [0.2, 0.25) is 0 Å². The van der Waals surface area contributed by atoms with Crippen LogP contribution < -0.4 is 11.1 Å². The van der Waals surface area contributed by atoms with Crippen LogP contribution in [-0.4, -0.2) is 38.4 Å². The molecule has 0 aromatic rings. The summed E-state index contributed by atoms with van der Waals surface area (Å²) < 4.78 is 39.7. The van der Waals surface area contributed by atoms with Crippen molar-refractivity contribution in [2.75, 3.05) is 26.3 Å². The summed E-state index contributed by atoms with van der Waals surface area (Å²) in [6.07, 6.45) is -0.184.